The van der Waals surface area contributed by atoms with Gasteiger partial charge in [-0.05, 0) is 30.5 Å². The zero-order valence-corrected chi connectivity index (χ0v) is 9.61. The third kappa shape index (κ3) is 4.06. The predicted octanol–water partition coefficient (Wildman–Crippen LogP) is 0.437. The first-order valence-corrected chi connectivity index (χ1v) is 5.39. The van der Waals surface area contributed by atoms with Gasteiger partial charge in [0.2, 0.25) is 0 Å². The number of nitrogens with two attached hydrogens (primary N) is 1. The van der Waals surface area contributed by atoms with E-state index in [1.165, 1.54) is 12.1 Å². The van der Waals surface area contributed by atoms with Gasteiger partial charge in [-0.3, -0.25) is 9.59 Å². The number of phenolic OH excluding ortho intramolecular Hbond substituents is 1. The number of carboxylic acid groups (broad SMARTS) is 2. The van der Waals surface area contributed by atoms with Gasteiger partial charge in [0.15, 0.2) is 0 Å². The van der Waals surface area contributed by atoms with E-state index in [0.29, 0.717) is 5.56 Å². The van der Waals surface area contributed by atoms with E-state index in [2.05, 4.69) is 0 Å². The highest BCUT2D eigenvalue weighted by atomic mass is 16.4. The van der Waals surface area contributed by atoms with Gasteiger partial charge in [0.25, 0.3) is 0 Å². The molecule has 1 rings (SSSR count). The molecular weight excluding hydrogens is 238 g/mol. The summed E-state index contributed by atoms with van der Waals surface area (Å²) in [5.41, 5.74) is 6.04. The average molecular weight is 253 g/mol. The van der Waals surface area contributed by atoms with Crippen molar-refractivity contribution in [2.24, 2.45) is 11.7 Å². The van der Waals surface area contributed by atoms with Gasteiger partial charge in [0, 0.05) is 0 Å². The Labute approximate surface area is 104 Å². The van der Waals surface area contributed by atoms with Crippen LogP contribution in [-0.2, 0) is 16.0 Å². The van der Waals surface area contributed by atoms with E-state index in [0.717, 1.165) is 0 Å². The second kappa shape index (κ2) is 6.02. The van der Waals surface area contributed by atoms with Crippen LogP contribution >= 0.6 is 0 Å². The van der Waals surface area contributed by atoms with Crippen LogP contribution in [0, 0.1) is 5.92 Å². The molecule has 0 aromatic heterocycles. The summed E-state index contributed by atoms with van der Waals surface area (Å²) in [5.74, 6) is -3.07. The van der Waals surface area contributed by atoms with Crippen LogP contribution in [0.3, 0.4) is 0 Å². The van der Waals surface area contributed by atoms with Crippen LogP contribution in [0.2, 0.25) is 0 Å². The van der Waals surface area contributed by atoms with E-state index in [1.807, 2.05) is 0 Å². The number of carboxylic acids is 2. The highest BCUT2D eigenvalue weighted by Crippen LogP contribution is 2.17. The van der Waals surface area contributed by atoms with Gasteiger partial charge in [-0.1, -0.05) is 12.1 Å². The Balaban J connectivity index is 2.71. The Hall–Kier alpha value is -2.08. The number of benzene rings is 1. The van der Waals surface area contributed by atoms with Gasteiger partial charge >= 0.3 is 11.9 Å². The highest BCUT2D eigenvalue weighted by Gasteiger charge is 2.24. The van der Waals surface area contributed by atoms with Crippen molar-refractivity contribution in [3.8, 4) is 5.75 Å². The van der Waals surface area contributed by atoms with Crippen molar-refractivity contribution in [2.45, 2.75) is 18.9 Å². The molecular formula is C12H15NO5. The minimum absolute atomic E-state index is 0.0906. The smallest absolute Gasteiger partial charge is 0.320 e. The largest absolute Gasteiger partial charge is 0.508 e. The van der Waals surface area contributed by atoms with E-state index in [4.69, 9.17) is 21.1 Å². The van der Waals surface area contributed by atoms with Crippen molar-refractivity contribution >= 4 is 11.9 Å². The highest BCUT2D eigenvalue weighted by molar-refractivity contribution is 5.76. The molecule has 0 aliphatic rings. The maximum atomic E-state index is 11.0. The monoisotopic (exact) mass is 253 g/mol. The van der Waals surface area contributed by atoms with Crippen molar-refractivity contribution < 1.29 is 24.9 Å². The van der Waals surface area contributed by atoms with Crippen LogP contribution in [0.1, 0.15) is 12.0 Å². The lowest BCUT2D eigenvalue weighted by Gasteiger charge is -2.14. The summed E-state index contributed by atoms with van der Waals surface area (Å²) >= 11 is 0. The maximum absolute atomic E-state index is 11.0. The Morgan fingerprint density at radius 2 is 1.67 bits per heavy atom. The zero-order valence-electron chi connectivity index (χ0n) is 9.61. The van der Waals surface area contributed by atoms with Crippen molar-refractivity contribution in [1.29, 1.82) is 0 Å². The molecule has 1 aromatic rings. The molecule has 5 N–H and O–H groups in total. The van der Waals surface area contributed by atoms with Gasteiger partial charge in [0.05, 0.1) is 5.92 Å². The predicted molar refractivity (Wildman–Crippen MR) is 63.2 cm³/mol. The summed E-state index contributed by atoms with van der Waals surface area (Å²) in [4.78, 5) is 21.6. The molecule has 0 spiro atoms. The molecule has 0 aliphatic carbocycles. The normalized spacial score (nSPS) is 13.8. The minimum Gasteiger partial charge on any atom is -0.508 e. The SMILES string of the molecule is N[C@@H](C[C@@H](Cc1ccc(O)cc1)C(=O)O)C(=O)O. The Morgan fingerprint density at radius 1 is 1.11 bits per heavy atom. The fraction of sp³-hybridized carbons (Fsp3) is 0.333. The van der Waals surface area contributed by atoms with E-state index in [-0.39, 0.29) is 18.6 Å². The van der Waals surface area contributed by atoms with Crippen LogP contribution < -0.4 is 5.73 Å². The molecule has 6 heteroatoms. The van der Waals surface area contributed by atoms with Gasteiger partial charge in [-0.25, -0.2) is 0 Å². The van der Waals surface area contributed by atoms with E-state index in [9.17, 15) is 9.59 Å². The first-order chi connectivity index (χ1) is 8.40. The zero-order chi connectivity index (χ0) is 13.7. The molecule has 0 radical (unpaired) electrons. The summed E-state index contributed by atoms with van der Waals surface area (Å²) in [6, 6.07) is 4.90. The van der Waals surface area contributed by atoms with Crippen molar-refractivity contribution in [3.05, 3.63) is 29.8 Å². The molecule has 6 nitrogen and oxygen atoms in total. The van der Waals surface area contributed by atoms with E-state index >= 15 is 0 Å². The van der Waals surface area contributed by atoms with Gasteiger partial charge < -0.3 is 21.1 Å². The van der Waals surface area contributed by atoms with Gasteiger partial charge in [-0.15, -0.1) is 0 Å². The van der Waals surface area contributed by atoms with Crippen LogP contribution in [-0.4, -0.2) is 33.3 Å². The van der Waals surface area contributed by atoms with Crippen LogP contribution in [0.4, 0.5) is 0 Å². The fourth-order valence-corrected chi connectivity index (χ4v) is 1.60. The fourth-order valence-electron chi connectivity index (χ4n) is 1.60. The number of hydrogen-bond acceptors (Lipinski definition) is 4. The van der Waals surface area contributed by atoms with Crippen LogP contribution in [0.15, 0.2) is 24.3 Å². The maximum Gasteiger partial charge on any atom is 0.320 e. The third-order valence-corrected chi connectivity index (χ3v) is 2.62. The van der Waals surface area contributed by atoms with Crippen LogP contribution in [0.5, 0.6) is 5.75 Å². The van der Waals surface area contributed by atoms with Crippen molar-refractivity contribution in [1.82, 2.24) is 0 Å². The first-order valence-electron chi connectivity index (χ1n) is 5.39. The molecule has 0 amide bonds. The van der Waals surface area contributed by atoms with Crippen molar-refractivity contribution in [3.63, 3.8) is 0 Å². The molecule has 1 aromatic carbocycles. The topological polar surface area (TPSA) is 121 Å². The lowest BCUT2D eigenvalue weighted by Crippen LogP contribution is -2.35. The second-order valence-electron chi connectivity index (χ2n) is 4.09. The Morgan fingerprint density at radius 3 is 2.11 bits per heavy atom. The van der Waals surface area contributed by atoms with Gasteiger partial charge in [0.1, 0.15) is 11.8 Å². The van der Waals surface area contributed by atoms with Gasteiger partial charge in [-0.2, -0.15) is 0 Å². The Kier molecular flexibility index (Phi) is 4.67. The molecule has 0 saturated heterocycles. The summed E-state index contributed by atoms with van der Waals surface area (Å²) in [6.07, 6.45) is 0.0438. The third-order valence-electron chi connectivity index (χ3n) is 2.62. The quantitative estimate of drug-likeness (QED) is 0.583. The molecule has 0 unspecified atom stereocenters. The second-order valence-corrected chi connectivity index (χ2v) is 4.09. The summed E-state index contributed by atoms with van der Waals surface area (Å²) in [6.45, 7) is 0. The van der Waals surface area contributed by atoms with E-state index < -0.39 is 23.9 Å². The summed E-state index contributed by atoms with van der Waals surface area (Å²) in [7, 11) is 0. The standard InChI is InChI=1S/C12H15NO5/c13-10(12(17)18)6-8(11(15)16)5-7-1-3-9(14)4-2-7/h1-4,8,10,14H,5-6,13H2,(H,15,16)(H,17,18)/t8-,10+/m1/s1. The molecule has 98 valence electrons. The molecule has 0 aliphatic heterocycles. The molecule has 18 heavy (non-hydrogen) atoms. The number of aliphatic carboxylic acids is 2. The number of carbonyl (C=O) groups is 2. The number of rotatable bonds is 6. The molecule has 0 fully saturated rings. The lowest BCUT2D eigenvalue weighted by atomic mass is 9.93. The number of phenols is 1. The lowest BCUT2D eigenvalue weighted by molar-refractivity contribution is -0.143. The van der Waals surface area contributed by atoms with E-state index in [1.54, 1.807) is 12.1 Å². The first kappa shape index (κ1) is 14.0. The molecule has 0 saturated carbocycles. The number of aromatic hydroxyl groups is 1. The number of hydrogen-bond donors (Lipinski definition) is 4. The average Bonchev–Trinajstić information content (AvgIpc) is 2.30. The van der Waals surface area contributed by atoms with Crippen molar-refractivity contribution in [2.75, 3.05) is 0 Å². The molecule has 2 atom stereocenters. The summed E-state index contributed by atoms with van der Waals surface area (Å²) < 4.78 is 0. The summed E-state index contributed by atoms with van der Waals surface area (Å²) in [5, 5.41) is 26.8. The minimum atomic E-state index is -1.22. The molecule has 0 heterocycles. The Bertz CT molecular complexity index is 429. The van der Waals surface area contributed by atoms with Crippen LogP contribution in [0.25, 0.3) is 0 Å². The molecule has 0 bridgehead atoms.